The summed E-state index contributed by atoms with van der Waals surface area (Å²) in [6.45, 7) is 1.13. The van der Waals surface area contributed by atoms with Crippen LogP contribution in [0.1, 0.15) is 29.2 Å². The number of carboxylic acid groups (broad SMARTS) is 1. The van der Waals surface area contributed by atoms with Crippen molar-refractivity contribution in [2.75, 3.05) is 5.32 Å². The molecule has 0 bridgehead atoms. The van der Waals surface area contributed by atoms with Crippen LogP contribution in [0.3, 0.4) is 0 Å². The lowest BCUT2D eigenvalue weighted by Crippen LogP contribution is -2.11. The van der Waals surface area contributed by atoms with E-state index in [1.165, 1.54) is 0 Å². The number of aliphatic carboxylic acids is 1. The molecule has 5 N–H and O–H groups in total. The molecule has 3 aromatic carbocycles. The highest BCUT2D eigenvalue weighted by atomic mass is 16.4. The van der Waals surface area contributed by atoms with Gasteiger partial charge in [0.15, 0.2) is 0 Å². The predicted molar refractivity (Wildman–Crippen MR) is 140 cm³/mol. The summed E-state index contributed by atoms with van der Waals surface area (Å²) in [4.78, 5) is 20.7. The molecule has 0 aliphatic carbocycles. The van der Waals surface area contributed by atoms with Crippen LogP contribution >= 0.6 is 0 Å². The highest BCUT2D eigenvalue weighted by Crippen LogP contribution is 2.22. The van der Waals surface area contributed by atoms with Crippen molar-refractivity contribution >= 4 is 39.6 Å². The van der Waals surface area contributed by atoms with Crippen molar-refractivity contribution in [1.82, 2.24) is 19.1 Å². The van der Waals surface area contributed by atoms with Crippen molar-refractivity contribution in [3.05, 3.63) is 89.5 Å². The number of nitrogens with two attached hydrogens (primary N) is 1. The monoisotopic (exact) mass is 481 g/mol. The molecule has 0 saturated heterocycles. The SMILES string of the molecule is Cn1c(CNc2ccc(C(=N)N)cc2)nc2cc(Cn3c(CCC(=O)O)nc4ccccc43)ccc21. The Morgan fingerprint density at radius 3 is 2.50 bits per heavy atom. The third-order valence-corrected chi connectivity index (χ3v) is 6.32. The minimum absolute atomic E-state index is 0.0381. The molecule has 36 heavy (non-hydrogen) atoms. The fourth-order valence-electron chi connectivity index (χ4n) is 4.39. The first-order valence-electron chi connectivity index (χ1n) is 11.7. The van der Waals surface area contributed by atoms with Crippen LogP contribution in [-0.4, -0.2) is 36.0 Å². The second-order valence-corrected chi connectivity index (χ2v) is 8.75. The molecule has 0 fully saturated rings. The molecule has 9 heteroatoms. The zero-order valence-corrected chi connectivity index (χ0v) is 19.9. The second kappa shape index (κ2) is 9.53. The van der Waals surface area contributed by atoms with E-state index in [-0.39, 0.29) is 12.3 Å². The van der Waals surface area contributed by atoms with Gasteiger partial charge in [0, 0.05) is 31.3 Å². The Morgan fingerprint density at radius 1 is 1.00 bits per heavy atom. The number of hydrogen-bond acceptors (Lipinski definition) is 5. The van der Waals surface area contributed by atoms with Gasteiger partial charge in [-0.05, 0) is 54.1 Å². The molecule has 5 aromatic rings. The van der Waals surface area contributed by atoms with Gasteiger partial charge in [-0.25, -0.2) is 9.97 Å². The number of nitrogens with one attached hydrogen (secondary N) is 2. The van der Waals surface area contributed by atoms with Gasteiger partial charge in [-0.3, -0.25) is 10.2 Å². The van der Waals surface area contributed by atoms with Gasteiger partial charge in [-0.1, -0.05) is 18.2 Å². The van der Waals surface area contributed by atoms with E-state index in [1.807, 2.05) is 55.6 Å². The molecule has 0 radical (unpaired) electrons. The van der Waals surface area contributed by atoms with Crippen LogP contribution < -0.4 is 11.1 Å². The van der Waals surface area contributed by atoms with Crippen LogP contribution in [0.15, 0.2) is 66.7 Å². The van der Waals surface area contributed by atoms with E-state index in [0.717, 1.165) is 45.0 Å². The zero-order valence-electron chi connectivity index (χ0n) is 19.9. The molecule has 0 aliphatic rings. The third-order valence-electron chi connectivity index (χ3n) is 6.32. The lowest BCUT2D eigenvalue weighted by atomic mass is 10.2. The first kappa shape index (κ1) is 23.1. The first-order valence-corrected chi connectivity index (χ1v) is 11.7. The molecule has 2 heterocycles. The Kier molecular flexibility index (Phi) is 6.12. The van der Waals surface area contributed by atoms with Gasteiger partial charge in [0.25, 0.3) is 0 Å². The maximum atomic E-state index is 11.2. The van der Waals surface area contributed by atoms with Crippen LogP contribution in [-0.2, 0) is 31.4 Å². The maximum absolute atomic E-state index is 11.2. The lowest BCUT2D eigenvalue weighted by molar-refractivity contribution is -0.137. The van der Waals surface area contributed by atoms with Gasteiger partial charge >= 0.3 is 5.97 Å². The van der Waals surface area contributed by atoms with E-state index in [1.54, 1.807) is 0 Å². The molecule has 182 valence electrons. The van der Waals surface area contributed by atoms with E-state index in [4.69, 9.17) is 21.2 Å². The Balaban J connectivity index is 1.38. The Hall–Kier alpha value is -4.66. The summed E-state index contributed by atoms with van der Waals surface area (Å²) in [6, 6.07) is 21.5. The largest absolute Gasteiger partial charge is 0.481 e. The number of nitrogens with zero attached hydrogens (tertiary/aromatic N) is 4. The van der Waals surface area contributed by atoms with Gasteiger partial charge in [-0.15, -0.1) is 0 Å². The summed E-state index contributed by atoms with van der Waals surface area (Å²) in [5.41, 5.74) is 12.0. The number of aryl methyl sites for hydroxylation is 2. The van der Waals surface area contributed by atoms with E-state index in [0.29, 0.717) is 25.1 Å². The molecule has 0 amide bonds. The molecule has 0 spiro atoms. The van der Waals surface area contributed by atoms with E-state index >= 15 is 0 Å². The normalized spacial score (nSPS) is 11.2. The van der Waals surface area contributed by atoms with Crippen LogP contribution in [0.25, 0.3) is 22.1 Å². The minimum atomic E-state index is -0.834. The Morgan fingerprint density at radius 2 is 1.75 bits per heavy atom. The molecule has 0 aliphatic heterocycles. The number of benzene rings is 3. The summed E-state index contributed by atoms with van der Waals surface area (Å²) in [6.07, 6.45) is 0.412. The number of carboxylic acids is 1. The number of amidine groups is 1. The summed E-state index contributed by atoms with van der Waals surface area (Å²) in [7, 11) is 2.00. The summed E-state index contributed by atoms with van der Waals surface area (Å²) >= 11 is 0. The number of carbonyl (C=O) groups is 1. The van der Waals surface area contributed by atoms with Gasteiger partial charge in [0.05, 0.1) is 35.0 Å². The van der Waals surface area contributed by atoms with Crippen molar-refractivity contribution in [3.63, 3.8) is 0 Å². The molecule has 0 atom stereocenters. The average Bonchev–Trinajstić information content (AvgIpc) is 3.38. The molecule has 0 saturated carbocycles. The van der Waals surface area contributed by atoms with Crippen molar-refractivity contribution < 1.29 is 9.90 Å². The minimum Gasteiger partial charge on any atom is -0.481 e. The highest BCUT2D eigenvalue weighted by Gasteiger charge is 2.14. The fourth-order valence-corrected chi connectivity index (χ4v) is 4.39. The highest BCUT2D eigenvalue weighted by molar-refractivity contribution is 5.95. The third kappa shape index (κ3) is 4.63. The van der Waals surface area contributed by atoms with Crippen molar-refractivity contribution in [1.29, 1.82) is 5.41 Å². The summed E-state index contributed by atoms with van der Waals surface area (Å²) in [5, 5.41) is 20.1. The van der Waals surface area contributed by atoms with Crippen molar-refractivity contribution in [2.24, 2.45) is 12.8 Å². The Bertz CT molecular complexity index is 1580. The van der Waals surface area contributed by atoms with E-state index < -0.39 is 5.97 Å². The van der Waals surface area contributed by atoms with E-state index in [9.17, 15) is 4.79 Å². The number of rotatable bonds is 9. The Labute approximate surface area is 207 Å². The van der Waals surface area contributed by atoms with Gasteiger partial charge in [-0.2, -0.15) is 0 Å². The van der Waals surface area contributed by atoms with E-state index in [2.05, 4.69) is 37.6 Å². The molecule has 2 aromatic heterocycles. The van der Waals surface area contributed by atoms with Crippen LogP contribution in [0, 0.1) is 5.41 Å². The molecule has 0 unspecified atom stereocenters. The van der Waals surface area contributed by atoms with Crippen LogP contribution in [0.5, 0.6) is 0 Å². The molecule has 9 nitrogen and oxygen atoms in total. The maximum Gasteiger partial charge on any atom is 0.303 e. The molecular weight excluding hydrogens is 454 g/mol. The first-order chi connectivity index (χ1) is 17.4. The van der Waals surface area contributed by atoms with Gasteiger partial charge < -0.3 is 25.3 Å². The van der Waals surface area contributed by atoms with Crippen molar-refractivity contribution in [2.45, 2.75) is 25.9 Å². The van der Waals surface area contributed by atoms with Gasteiger partial charge in [0.2, 0.25) is 0 Å². The molecular formula is C27H27N7O2. The quantitative estimate of drug-likeness (QED) is 0.186. The molecule has 5 rings (SSSR count). The van der Waals surface area contributed by atoms with Gasteiger partial charge in [0.1, 0.15) is 17.5 Å². The standard InChI is InChI=1S/C27H27N7O2/c1-33-22-11-6-17(16-34-23-5-3-2-4-20(23)31-24(34)12-13-26(35)36)14-21(22)32-25(33)15-30-19-9-7-18(8-10-19)27(28)29/h2-11,14,30H,12-13,15-16H2,1H3,(H3,28,29)(H,35,36). The number of para-hydroxylation sites is 2. The number of hydrogen-bond donors (Lipinski definition) is 4. The zero-order chi connectivity index (χ0) is 25.2. The summed E-state index contributed by atoms with van der Waals surface area (Å²) in [5.74, 6) is 0.873. The smallest absolute Gasteiger partial charge is 0.303 e. The average molecular weight is 482 g/mol. The fraction of sp³-hybridized carbons (Fsp3) is 0.185. The number of anilines is 1. The number of fused-ring (bicyclic) bond motifs is 2. The van der Waals surface area contributed by atoms with Crippen LogP contribution in [0.2, 0.25) is 0 Å². The van der Waals surface area contributed by atoms with Crippen LogP contribution in [0.4, 0.5) is 5.69 Å². The topological polar surface area (TPSA) is 135 Å². The number of imidazole rings is 2. The van der Waals surface area contributed by atoms with Crippen molar-refractivity contribution in [3.8, 4) is 0 Å². The lowest BCUT2D eigenvalue weighted by Gasteiger charge is -2.09. The second-order valence-electron chi connectivity index (χ2n) is 8.75. The summed E-state index contributed by atoms with van der Waals surface area (Å²) < 4.78 is 4.16. The number of nitrogen functional groups attached to an aromatic ring is 1. The number of aromatic nitrogens is 4. The predicted octanol–water partition coefficient (Wildman–Crippen LogP) is 3.88.